The molecule has 1 rings (SSSR count). The third kappa shape index (κ3) is 11.1. The number of primary amides is 1. The van der Waals surface area contributed by atoms with Crippen LogP contribution in [0.5, 0.6) is 0 Å². The lowest BCUT2D eigenvalue weighted by molar-refractivity contribution is -0.143. The second kappa shape index (κ2) is 15.8. The van der Waals surface area contributed by atoms with Crippen LogP contribution < -0.4 is 27.4 Å². The molecule has 12 nitrogen and oxygen atoms in total. The van der Waals surface area contributed by atoms with E-state index in [0.717, 1.165) is 5.56 Å². The van der Waals surface area contributed by atoms with Gasteiger partial charge in [-0.25, -0.2) is 4.79 Å². The Kier molecular flexibility index (Phi) is 13.5. The molecule has 1 aromatic rings. The number of aliphatic carboxylic acids is 1. The van der Waals surface area contributed by atoms with Gasteiger partial charge in [0.15, 0.2) is 0 Å². The first-order valence-electron chi connectivity index (χ1n) is 11.3. The number of carbonyl (C=O) groups is 5. The van der Waals surface area contributed by atoms with Crippen LogP contribution in [0.2, 0.25) is 0 Å². The van der Waals surface area contributed by atoms with Gasteiger partial charge in [0, 0.05) is 6.42 Å². The third-order valence-electron chi connectivity index (χ3n) is 5.24. The highest BCUT2D eigenvalue weighted by molar-refractivity contribution is 7.98. The molecule has 1 aromatic carbocycles. The highest BCUT2D eigenvalue weighted by atomic mass is 32.2. The van der Waals surface area contributed by atoms with Gasteiger partial charge in [0.2, 0.25) is 23.6 Å². The average Bonchev–Trinajstić information content (AvgIpc) is 2.82. The number of thioether (sulfide) groups is 1. The summed E-state index contributed by atoms with van der Waals surface area (Å²) in [7, 11) is 0. The van der Waals surface area contributed by atoms with Gasteiger partial charge in [-0.1, -0.05) is 30.3 Å². The Morgan fingerprint density at radius 2 is 1.56 bits per heavy atom. The van der Waals surface area contributed by atoms with Crippen LogP contribution >= 0.6 is 11.8 Å². The highest BCUT2D eigenvalue weighted by Crippen LogP contribution is 2.07. The normalized spacial score (nSPS) is 15.0. The first kappa shape index (κ1) is 30.9. The summed E-state index contributed by atoms with van der Waals surface area (Å²) in [6.07, 6.45) is 0.363. The Morgan fingerprint density at radius 3 is 2.08 bits per heavy atom. The number of rotatable bonds is 16. The molecule has 0 saturated carbocycles. The Balaban J connectivity index is 2.89. The fourth-order valence-corrected chi connectivity index (χ4v) is 3.68. The Morgan fingerprint density at radius 1 is 0.944 bits per heavy atom. The molecule has 5 atom stereocenters. The smallest absolute Gasteiger partial charge is 0.326 e. The molecule has 0 aromatic heterocycles. The maximum Gasteiger partial charge on any atom is 0.326 e. The van der Waals surface area contributed by atoms with Crippen LogP contribution in [0.1, 0.15) is 31.7 Å². The first-order chi connectivity index (χ1) is 17.0. The molecule has 9 N–H and O–H groups in total. The van der Waals surface area contributed by atoms with E-state index in [1.165, 1.54) is 18.7 Å². The predicted molar refractivity (Wildman–Crippen MR) is 135 cm³/mol. The van der Waals surface area contributed by atoms with Gasteiger partial charge in [0.1, 0.15) is 18.1 Å². The van der Waals surface area contributed by atoms with Crippen molar-refractivity contribution in [2.75, 3.05) is 12.0 Å². The number of hydrogen-bond donors (Lipinski definition) is 7. The quantitative estimate of drug-likeness (QED) is 0.133. The fourth-order valence-electron chi connectivity index (χ4n) is 3.21. The van der Waals surface area contributed by atoms with Gasteiger partial charge in [-0.15, -0.1) is 0 Å². The van der Waals surface area contributed by atoms with Crippen molar-refractivity contribution in [3.63, 3.8) is 0 Å². The molecule has 0 fully saturated rings. The summed E-state index contributed by atoms with van der Waals surface area (Å²) in [5.74, 6) is -3.91. The number of carboxylic acid groups (broad SMARTS) is 1. The van der Waals surface area contributed by atoms with Crippen molar-refractivity contribution in [2.24, 2.45) is 11.5 Å². The third-order valence-corrected chi connectivity index (χ3v) is 5.88. The van der Waals surface area contributed by atoms with E-state index in [2.05, 4.69) is 16.0 Å². The molecule has 0 aliphatic rings. The molecule has 5 unspecified atom stereocenters. The fraction of sp³-hybridized carbons (Fsp3) is 0.522. The molecule has 0 aliphatic heterocycles. The SMILES string of the molecule is CSCCC(NC(=O)C(N)Cc1ccccc1)C(=O)NC(C(=O)NC(CCC(N)=O)C(=O)O)C(C)O. The maximum absolute atomic E-state index is 13.0. The molecule has 4 amide bonds. The lowest BCUT2D eigenvalue weighted by Crippen LogP contribution is -2.60. The van der Waals surface area contributed by atoms with Gasteiger partial charge in [0.05, 0.1) is 12.1 Å². The molecule has 0 radical (unpaired) electrons. The number of carbonyl (C=O) groups excluding carboxylic acids is 4. The van der Waals surface area contributed by atoms with Gasteiger partial charge < -0.3 is 37.6 Å². The van der Waals surface area contributed by atoms with Gasteiger partial charge >= 0.3 is 5.97 Å². The van der Waals surface area contributed by atoms with Crippen LogP contribution in [-0.2, 0) is 30.4 Å². The number of hydrogen-bond acceptors (Lipinski definition) is 8. The lowest BCUT2D eigenvalue weighted by atomic mass is 10.0. The molecular weight excluding hydrogens is 490 g/mol. The zero-order valence-electron chi connectivity index (χ0n) is 20.3. The summed E-state index contributed by atoms with van der Waals surface area (Å²) in [4.78, 5) is 60.7. The van der Waals surface area contributed by atoms with E-state index in [-0.39, 0.29) is 25.7 Å². The Labute approximate surface area is 213 Å². The van der Waals surface area contributed by atoms with E-state index in [9.17, 15) is 34.2 Å². The molecule has 0 bridgehead atoms. The zero-order valence-corrected chi connectivity index (χ0v) is 21.1. The summed E-state index contributed by atoms with van der Waals surface area (Å²) in [5, 5.41) is 26.6. The number of aliphatic hydroxyl groups is 1. The highest BCUT2D eigenvalue weighted by Gasteiger charge is 2.32. The van der Waals surface area contributed by atoms with Crippen LogP contribution in [0.15, 0.2) is 30.3 Å². The van der Waals surface area contributed by atoms with Crippen molar-refractivity contribution in [3.8, 4) is 0 Å². The van der Waals surface area contributed by atoms with E-state index in [0.29, 0.717) is 5.75 Å². The monoisotopic (exact) mass is 525 g/mol. The largest absolute Gasteiger partial charge is 0.480 e. The lowest BCUT2D eigenvalue weighted by Gasteiger charge is -2.26. The average molecular weight is 526 g/mol. The van der Waals surface area contributed by atoms with E-state index in [1.54, 1.807) is 0 Å². The van der Waals surface area contributed by atoms with Gasteiger partial charge in [0.25, 0.3) is 0 Å². The maximum atomic E-state index is 13.0. The summed E-state index contributed by atoms with van der Waals surface area (Å²) in [6.45, 7) is 1.25. The number of aliphatic hydroxyl groups excluding tert-OH is 1. The molecule has 200 valence electrons. The molecule has 0 aliphatic carbocycles. The summed E-state index contributed by atoms with van der Waals surface area (Å²) >= 11 is 1.44. The number of nitrogens with two attached hydrogens (primary N) is 2. The number of nitrogens with one attached hydrogen (secondary N) is 3. The van der Waals surface area contributed by atoms with Crippen molar-refractivity contribution in [3.05, 3.63) is 35.9 Å². The standard InChI is InChI=1S/C23H35N5O7S/c1-13(29)19(22(33)27-17(23(34)35)8-9-18(25)30)28-21(32)16(10-11-36-2)26-20(31)15(24)12-14-6-4-3-5-7-14/h3-7,13,15-17,19,29H,8-12,24H2,1-2H3,(H2,25,30)(H,26,31)(H,27,33)(H,28,32)(H,34,35). The minimum Gasteiger partial charge on any atom is -0.480 e. The van der Waals surface area contributed by atoms with Crippen molar-refractivity contribution < 1.29 is 34.2 Å². The van der Waals surface area contributed by atoms with Gasteiger partial charge in [-0.05, 0) is 43.8 Å². The van der Waals surface area contributed by atoms with Crippen LogP contribution in [0.25, 0.3) is 0 Å². The molecule has 0 spiro atoms. The van der Waals surface area contributed by atoms with E-state index >= 15 is 0 Å². The van der Waals surface area contributed by atoms with Crippen molar-refractivity contribution >= 4 is 41.4 Å². The van der Waals surface area contributed by atoms with Crippen LogP contribution in [0.4, 0.5) is 0 Å². The number of amides is 4. The summed E-state index contributed by atoms with van der Waals surface area (Å²) in [5.41, 5.74) is 11.9. The Hall–Kier alpha value is -3.16. The topological polar surface area (TPSA) is 214 Å². The predicted octanol–water partition coefficient (Wildman–Crippen LogP) is -1.51. The Bertz CT molecular complexity index is 900. The van der Waals surface area contributed by atoms with Crippen LogP contribution in [-0.4, -0.2) is 82.1 Å². The van der Waals surface area contributed by atoms with E-state index < -0.39 is 59.9 Å². The molecular formula is C23H35N5O7S. The molecule has 0 heterocycles. The van der Waals surface area contributed by atoms with Crippen molar-refractivity contribution in [1.82, 2.24) is 16.0 Å². The number of carboxylic acids is 1. The van der Waals surface area contributed by atoms with Crippen LogP contribution in [0.3, 0.4) is 0 Å². The van der Waals surface area contributed by atoms with Gasteiger partial charge in [-0.3, -0.25) is 19.2 Å². The van der Waals surface area contributed by atoms with Crippen LogP contribution in [0, 0.1) is 0 Å². The van der Waals surface area contributed by atoms with Crippen molar-refractivity contribution in [1.29, 1.82) is 0 Å². The summed E-state index contributed by atoms with van der Waals surface area (Å²) in [6, 6.07) is 4.18. The number of benzene rings is 1. The second-order valence-corrected chi connectivity index (χ2v) is 9.26. The molecule has 36 heavy (non-hydrogen) atoms. The first-order valence-corrected chi connectivity index (χ1v) is 12.7. The van der Waals surface area contributed by atoms with Crippen molar-refractivity contribution in [2.45, 2.75) is 62.9 Å². The van der Waals surface area contributed by atoms with E-state index in [4.69, 9.17) is 11.5 Å². The molecule has 13 heteroatoms. The second-order valence-electron chi connectivity index (χ2n) is 8.27. The molecule has 0 saturated heterocycles. The minimum absolute atomic E-state index is 0.224. The minimum atomic E-state index is -1.51. The van der Waals surface area contributed by atoms with E-state index in [1.807, 2.05) is 36.6 Å². The summed E-state index contributed by atoms with van der Waals surface area (Å²) < 4.78 is 0. The zero-order chi connectivity index (χ0) is 27.3. The van der Waals surface area contributed by atoms with Gasteiger partial charge in [-0.2, -0.15) is 11.8 Å².